The molecule has 100 valence electrons. The van der Waals surface area contributed by atoms with Gasteiger partial charge in [0.1, 0.15) is 5.82 Å². The zero-order valence-electron chi connectivity index (χ0n) is 11.3. The van der Waals surface area contributed by atoms with Gasteiger partial charge in [0.15, 0.2) is 0 Å². The number of hydrogen-bond acceptors (Lipinski definition) is 2. The van der Waals surface area contributed by atoms with Gasteiger partial charge in [0, 0.05) is 11.9 Å². The van der Waals surface area contributed by atoms with Crippen molar-refractivity contribution in [2.45, 2.75) is 26.2 Å². The summed E-state index contributed by atoms with van der Waals surface area (Å²) in [6, 6.07) is 9.72. The zero-order valence-corrected chi connectivity index (χ0v) is 11.3. The lowest BCUT2D eigenvalue weighted by Crippen LogP contribution is -2.15. The quantitative estimate of drug-likeness (QED) is 0.884. The first-order chi connectivity index (χ1) is 9.22. The number of fused-ring (bicyclic) bond motifs is 1. The van der Waals surface area contributed by atoms with Crippen LogP contribution in [0.1, 0.15) is 26.2 Å². The summed E-state index contributed by atoms with van der Waals surface area (Å²) in [4.78, 5) is 14.9. The Morgan fingerprint density at radius 3 is 2.95 bits per heavy atom. The minimum atomic E-state index is -0.0135. The van der Waals surface area contributed by atoms with Crippen LogP contribution in [0.2, 0.25) is 0 Å². The van der Waals surface area contributed by atoms with E-state index in [1.807, 2.05) is 30.3 Å². The molecule has 0 aliphatic heterocycles. The highest BCUT2D eigenvalue weighted by Crippen LogP contribution is 2.30. The molecule has 3 rings (SSSR count). The van der Waals surface area contributed by atoms with Gasteiger partial charge in [-0.25, -0.2) is 0 Å². The highest BCUT2D eigenvalue weighted by molar-refractivity contribution is 5.83. The van der Waals surface area contributed by atoms with E-state index in [-0.39, 0.29) is 5.56 Å². The Kier molecular flexibility index (Phi) is 3.28. The Bertz CT molecular complexity index is 632. The molecule has 0 spiro atoms. The lowest BCUT2D eigenvalue weighted by atomic mass is 10.1. The van der Waals surface area contributed by atoms with Crippen LogP contribution in [0.15, 0.2) is 35.1 Å². The molecular weight excluding hydrogens is 236 g/mol. The van der Waals surface area contributed by atoms with E-state index in [1.54, 1.807) is 0 Å². The van der Waals surface area contributed by atoms with E-state index in [1.165, 1.54) is 19.3 Å². The molecule has 1 aromatic heterocycles. The van der Waals surface area contributed by atoms with Crippen LogP contribution in [0, 0.1) is 11.8 Å². The lowest BCUT2D eigenvalue weighted by molar-refractivity contribution is 0.536. The van der Waals surface area contributed by atoms with Gasteiger partial charge < -0.3 is 10.3 Å². The number of aromatic nitrogens is 1. The second-order valence-electron chi connectivity index (χ2n) is 5.76. The van der Waals surface area contributed by atoms with Crippen molar-refractivity contribution in [2.24, 2.45) is 11.8 Å². The average Bonchev–Trinajstić information content (AvgIpc) is 2.82. The molecule has 2 N–H and O–H groups in total. The molecule has 0 radical (unpaired) electrons. The van der Waals surface area contributed by atoms with E-state index >= 15 is 0 Å². The van der Waals surface area contributed by atoms with Crippen molar-refractivity contribution in [1.29, 1.82) is 0 Å². The van der Waals surface area contributed by atoms with Crippen LogP contribution in [0.5, 0.6) is 0 Å². The molecule has 3 nitrogen and oxygen atoms in total. The second kappa shape index (κ2) is 5.08. The molecular formula is C16H20N2O. The lowest BCUT2D eigenvalue weighted by Gasteiger charge is -2.12. The van der Waals surface area contributed by atoms with E-state index in [4.69, 9.17) is 0 Å². The van der Waals surface area contributed by atoms with Crippen LogP contribution in [0.25, 0.3) is 10.8 Å². The van der Waals surface area contributed by atoms with Gasteiger partial charge in [0.05, 0.1) is 0 Å². The smallest absolute Gasteiger partial charge is 0.257 e. The molecule has 1 aliphatic rings. The maximum atomic E-state index is 12.0. The Labute approximate surface area is 113 Å². The molecule has 1 heterocycles. The molecule has 2 unspecified atom stereocenters. The van der Waals surface area contributed by atoms with Crippen LogP contribution in [0.3, 0.4) is 0 Å². The summed E-state index contributed by atoms with van der Waals surface area (Å²) in [6.07, 6.45) is 3.93. The van der Waals surface area contributed by atoms with E-state index in [0.29, 0.717) is 0 Å². The van der Waals surface area contributed by atoms with Gasteiger partial charge in [-0.05, 0) is 42.2 Å². The summed E-state index contributed by atoms with van der Waals surface area (Å²) < 4.78 is 0. The fraction of sp³-hybridized carbons (Fsp3) is 0.438. The zero-order chi connectivity index (χ0) is 13.2. The molecule has 0 saturated heterocycles. The van der Waals surface area contributed by atoms with Gasteiger partial charge in [-0.2, -0.15) is 0 Å². The van der Waals surface area contributed by atoms with Crippen LogP contribution in [-0.4, -0.2) is 11.5 Å². The summed E-state index contributed by atoms with van der Waals surface area (Å²) in [7, 11) is 0. The third kappa shape index (κ3) is 2.65. The highest BCUT2D eigenvalue weighted by atomic mass is 16.1. The normalized spacial score (nSPS) is 22.8. The van der Waals surface area contributed by atoms with Crippen LogP contribution >= 0.6 is 0 Å². The van der Waals surface area contributed by atoms with Crippen molar-refractivity contribution in [2.75, 3.05) is 11.9 Å². The number of benzene rings is 1. The third-order valence-electron chi connectivity index (χ3n) is 4.14. The van der Waals surface area contributed by atoms with E-state index < -0.39 is 0 Å². The molecule has 0 bridgehead atoms. The molecule has 19 heavy (non-hydrogen) atoms. The minimum Gasteiger partial charge on any atom is -0.371 e. The summed E-state index contributed by atoms with van der Waals surface area (Å²) >= 11 is 0. The molecule has 1 aromatic carbocycles. The third-order valence-corrected chi connectivity index (χ3v) is 4.14. The van der Waals surface area contributed by atoms with Gasteiger partial charge in [-0.3, -0.25) is 4.79 Å². The first-order valence-corrected chi connectivity index (χ1v) is 7.08. The summed E-state index contributed by atoms with van der Waals surface area (Å²) in [5.41, 5.74) is -0.0135. The Morgan fingerprint density at radius 2 is 2.16 bits per heavy atom. The van der Waals surface area contributed by atoms with E-state index in [2.05, 4.69) is 17.2 Å². The number of pyridine rings is 1. The number of H-pyrrole nitrogens is 1. The van der Waals surface area contributed by atoms with Gasteiger partial charge in [0.2, 0.25) is 0 Å². The van der Waals surface area contributed by atoms with Crippen molar-refractivity contribution in [3.63, 3.8) is 0 Å². The average molecular weight is 256 g/mol. The predicted octanol–water partition coefficient (Wildman–Crippen LogP) is 3.38. The Balaban J connectivity index is 1.76. The van der Waals surface area contributed by atoms with Crippen LogP contribution < -0.4 is 10.9 Å². The number of rotatable bonds is 3. The monoisotopic (exact) mass is 256 g/mol. The molecule has 1 saturated carbocycles. The first-order valence-electron chi connectivity index (χ1n) is 7.08. The number of anilines is 1. The van der Waals surface area contributed by atoms with Crippen molar-refractivity contribution in [3.05, 3.63) is 40.7 Å². The molecule has 3 heteroatoms. The molecule has 1 aliphatic carbocycles. The summed E-state index contributed by atoms with van der Waals surface area (Å²) in [6.45, 7) is 3.27. The number of hydrogen-bond donors (Lipinski definition) is 2. The Hall–Kier alpha value is -1.77. The van der Waals surface area contributed by atoms with Gasteiger partial charge in [-0.1, -0.05) is 31.5 Å². The first kappa shape index (κ1) is 12.3. The number of aromatic amines is 1. The van der Waals surface area contributed by atoms with Crippen molar-refractivity contribution in [1.82, 2.24) is 4.98 Å². The number of nitrogens with one attached hydrogen (secondary N) is 2. The van der Waals surface area contributed by atoms with Gasteiger partial charge >= 0.3 is 0 Å². The summed E-state index contributed by atoms with van der Waals surface area (Å²) in [5, 5.41) is 5.13. The van der Waals surface area contributed by atoms with Crippen molar-refractivity contribution >= 4 is 16.6 Å². The second-order valence-corrected chi connectivity index (χ2v) is 5.76. The topological polar surface area (TPSA) is 44.9 Å². The molecule has 1 fully saturated rings. The standard InChI is InChI=1S/C16H20N2O/c1-11-6-7-12(8-11)10-17-15-9-13-4-2-3-5-14(13)16(19)18-15/h2-5,9,11-12H,6-8,10H2,1H3,(H2,17,18,19). The minimum absolute atomic E-state index is 0.0135. The van der Waals surface area contributed by atoms with Gasteiger partial charge in [-0.15, -0.1) is 0 Å². The van der Waals surface area contributed by atoms with Gasteiger partial charge in [0.25, 0.3) is 5.56 Å². The van der Waals surface area contributed by atoms with Crippen LogP contribution in [-0.2, 0) is 0 Å². The largest absolute Gasteiger partial charge is 0.371 e. The molecule has 2 aromatic rings. The maximum Gasteiger partial charge on any atom is 0.257 e. The summed E-state index contributed by atoms with van der Waals surface area (Å²) in [5.74, 6) is 2.43. The highest BCUT2D eigenvalue weighted by Gasteiger charge is 2.20. The molecule has 0 amide bonds. The van der Waals surface area contributed by atoms with Crippen molar-refractivity contribution < 1.29 is 0 Å². The Morgan fingerprint density at radius 1 is 1.32 bits per heavy atom. The SMILES string of the molecule is CC1CCC(CNc2cc3ccccc3c(=O)[nH]2)C1. The van der Waals surface area contributed by atoms with Crippen LogP contribution in [0.4, 0.5) is 5.82 Å². The fourth-order valence-corrected chi connectivity index (χ4v) is 3.07. The van der Waals surface area contributed by atoms with E-state index in [9.17, 15) is 4.79 Å². The fourth-order valence-electron chi connectivity index (χ4n) is 3.07. The van der Waals surface area contributed by atoms with E-state index in [0.717, 1.165) is 35.0 Å². The predicted molar refractivity (Wildman–Crippen MR) is 79.6 cm³/mol. The maximum absolute atomic E-state index is 12.0. The molecule has 2 atom stereocenters. The van der Waals surface area contributed by atoms with Crippen molar-refractivity contribution in [3.8, 4) is 0 Å².